The quantitative estimate of drug-likeness (QED) is 0.774. The molecule has 1 fully saturated rings. The van der Waals surface area contributed by atoms with Crippen LogP contribution < -0.4 is 5.32 Å². The number of nitrogens with zero attached hydrogens (tertiary/aromatic N) is 1. The summed E-state index contributed by atoms with van der Waals surface area (Å²) in [4.78, 5) is 14.4. The van der Waals surface area contributed by atoms with Crippen molar-refractivity contribution in [3.63, 3.8) is 0 Å². The molecule has 1 N–H and O–H groups in total. The zero-order valence-electron chi connectivity index (χ0n) is 12.8. The van der Waals surface area contributed by atoms with E-state index in [1.54, 1.807) is 6.26 Å². The first kappa shape index (κ1) is 16.6. The molecular formula is C14H28N2O2S. The van der Waals surface area contributed by atoms with Gasteiger partial charge in [0.1, 0.15) is 0 Å². The Labute approximate surface area is 119 Å². The standard InChI is InChI=1S/C14H28N2O2S/c1-10(2)9-12-14(17)16(7-6-8-19(5)18)13(15-12)11(3)4/h10-13,15H,6-9H2,1-5H3. The molecule has 1 aliphatic heterocycles. The topological polar surface area (TPSA) is 49.4 Å². The Kier molecular flexibility index (Phi) is 6.47. The first-order valence-electron chi connectivity index (χ1n) is 7.19. The van der Waals surface area contributed by atoms with Gasteiger partial charge in [-0.2, -0.15) is 0 Å². The summed E-state index contributed by atoms with van der Waals surface area (Å²) in [5.74, 6) is 1.79. The van der Waals surface area contributed by atoms with Crippen LogP contribution >= 0.6 is 0 Å². The van der Waals surface area contributed by atoms with Gasteiger partial charge in [-0.15, -0.1) is 0 Å². The minimum Gasteiger partial charge on any atom is -0.326 e. The molecule has 1 aliphatic rings. The molecule has 3 atom stereocenters. The van der Waals surface area contributed by atoms with Crippen molar-refractivity contribution >= 4 is 16.7 Å². The summed E-state index contributed by atoms with van der Waals surface area (Å²) in [5.41, 5.74) is 0. The van der Waals surface area contributed by atoms with Crippen molar-refractivity contribution in [3.05, 3.63) is 0 Å². The number of rotatable bonds is 7. The van der Waals surface area contributed by atoms with Crippen LogP contribution in [0.3, 0.4) is 0 Å². The number of carbonyl (C=O) groups is 1. The summed E-state index contributed by atoms with van der Waals surface area (Å²) >= 11 is 0. The van der Waals surface area contributed by atoms with Crippen molar-refractivity contribution in [2.24, 2.45) is 11.8 Å². The third-order valence-electron chi connectivity index (χ3n) is 3.46. The van der Waals surface area contributed by atoms with Gasteiger partial charge in [-0.3, -0.25) is 14.3 Å². The molecular weight excluding hydrogens is 260 g/mol. The number of amides is 1. The van der Waals surface area contributed by atoms with Crippen LogP contribution in [0.4, 0.5) is 0 Å². The SMILES string of the molecule is CC(C)CC1NC(C(C)C)N(CCCS(C)=O)C1=O. The molecule has 0 aromatic carbocycles. The highest BCUT2D eigenvalue weighted by atomic mass is 32.2. The van der Waals surface area contributed by atoms with E-state index in [-0.39, 0.29) is 18.1 Å². The molecule has 0 bridgehead atoms. The monoisotopic (exact) mass is 288 g/mol. The lowest BCUT2D eigenvalue weighted by Crippen LogP contribution is -2.42. The van der Waals surface area contributed by atoms with Gasteiger partial charge < -0.3 is 4.90 Å². The molecule has 0 saturated carbocycles. The molecule has 0 aliphatic carbocycles. The Morgan fingerprint density at radius 2 is 1.95 bits per heavy atom. The maximum atomic E-state index is 12.4. The molecule has 0 aromatic heterocycles. The minimum atomic E-state index is -0.775. The number of hydrogen-bond donors (Lipinski definition) is 1. The fraction of sp³-hybridized carbons (Fsp3) is 0.929. The van der Waals surface area contributed by atoms with Gasteiger partial charge in [0.25, 0.3) is 0 Å². The van der Waals surface area contributed by atoms with E-state index in [1.807, 2.05) is 4.90 Å². The maximum absolute atomic E-state index is 12.4. The molecule has 0 spiro atoms. The van der Waals surface area contributed by atoms with Crippen LogP contribution in [0.2, 0.25) is 0 Å². The van der Waals surface area contributed by atoms with Crippen molar-refractivity contribution in [2.75, 3.05) is 18.6 Å². The van der Waals surface area contributed by atoms with Gasteiger partial charge in [-0.25, -0.2) is 0 Å². The lowest BCUT2D eigenvalue weighted by molar-refractivity contribution is -0.130. The van der Waals surface area contributed by atoms with Crippen molar-refractivity contribution in [2.45, 2.75) is 52.7 Å². The molecule has 1 saturated heterocycles. The van der Waals surface area contributed by atoms with E-state index in [9.17, 15) is 9.00 Å². The van der Waals surface area contributed by atoms with Crippen LogP contribution in [-0.4, -0.2) is 45.8 Å². The Morgan fingerprint density at radius 3 is 2.42 bits per heavy atom. The van der Waals surface area contributed by atoms with E-state index in [4.69, 9.17) is 0 Å². The first-order valence-corrected chi connectivity index (χ1v) is 8.92. The summed E-state index contributed by atoms with van der Waals surface area (Å²) in [5, 5.41) is 3.46. The highest BCUT2D eigenvalue weighted by molar-refractivity contribution is 7.84. The smallest absolute Gasteiger partial charge is 0.241 e. The van der Waals surface area contributed by atoms with Gasteiger partial charge in [0, 0.05) is 29.4 Å². The first-order chi connectivity index (χ1) is 8.82. The van der Waals surface area contributed by atoms with Crippen molar-refractivity contribution in [1.82, 2.24) is 10.2 Å². The Hall–Kier alpha value is -0.420. The molecule has 1 rings (SSSR count). The lowest BCUT2D eigenvalue weighted by atomic mass is 10.0. The number of nitrogens with one attached hydrogen (secondary N) is 1. The molecule has 19 heavy (non-hydrogen) atoms. The zero-order chi connectivity index (χ0) is 14.6. The Bertz CT molecular complexity index is 331. The van der Waals surface area contributed by atoms with Crippen LogP contribution in [-0.2, 0) is 15.6 Å². The fourth-order valence-electron chi connectivity index (χ4n) is 2.58. The second-order valence-electron chi connectivity index (χ2n) is 6.20. The minimum absolute atomic E-state index is 0.0421. The molecule has 4 nitrogen and oxygen atoms in total. The third kappa shape index (κ3) is 4.88. The lowest BCUT2D eigenvalue weighted by Gasteiger charge is -2.27. The predicted octanol–water partition coefficient (Wildman–Crippen LogP) is 1.58. The average Bonchev–Trinajstić information content (AvgIpc) is 2.56. The van der Waals surface area contributed by atoms with Crippen LogP contribution in [0.1, 0.15) is 40.5 Å². The van der Waals surface area contributed by atoms with E-state index in [0.717, 1.165) is 12.8 Å². The van der Waals surface area contributed by atoms with Crippen LogP contribution in [0.15, 0.2) is 0 Å². The summed E-state index contributed by atoms with van der Waals surface area (Å²) in [6, 6.07) is -0.0421. The van der Waals surface area contributed by atoms with E-state index in [2.05, 4.69) is 33.0 Å². The molecule has 3 unspecified atom stereocenters. The van der Waals surface area contributed by atoms with Gasteiger partial charge in [0.15, 0.2) is 0 Å². The Morgan fingerprint density at radius 1 is 1.32 bits per heavy atom. The molecule has 1 heterocycles. The summed E-state index contributed by atoms with van der Waals surface area (Å²) in [7, 11) is -0.775. The molecule has 1 amide bonds. The number of carbonyl (C=O) groups excluding carboxylic acids is 1. The molecule has 0 aromatic rings. The Balaban J connectivity index is 2.63. The van der Waals surface area contributed by atoms with Gasteiger partial charge in [-0.05, 0) is 24.7 Å². The number of hydrogen-bond acceptors (Lipinski definition) is 3. The van der Waals surface area contributed by atoms with Gasteiger partial charge in [0.2, 0.25) is 5.91 Å². The van der Waals surface area contributed by atoms with Crippen LogP contribution in [0, 0.1) is 11.8 Å². The van der Waals surface area contributed by atoms with E-state index < -0.39 is 10.8 Å². The summed E-state index contributed by atoms with van der Waals surface area (Å²) in [6.07, 6.45) is 3.54. The van der Waals surface area contributed by atoms with Crippen molar-refractivity contribution < 1.29 is 9.00 Å². The van der Waals surface area contributed by atoms with E-state index in [0.29, 0.717) is 24.1 Å². The normalized spacial score (nSPS) is 25.6. The van der Waals surface area contributed by atoms with E-state index >= 15 is 0 Å². The summed E-state index contributed by atoms with van der Waals surface area (Å²) in [6.45, 7) is 9.26. The average molecular weight is 288 g/mol. The molecule has 5 heteroatoms. The molecule has 112 valence electrons. The van der Waals surface area contributed by atoms with Gasteiger partial charge in [0.05, 0.1) is 12.2 Å². The van der Waals surface area contributed by atoms with E-state index in [1.165, 1.54) is 0 Å². The zero-order valence-corrected chi connectivity index (χ0v) is 13.6. The second kappa shape index (κ2) is 7.39. The fourth-order valence-corrected chi connectivity index (χ4v) is 3.12. The van der Waals surface area contributed by atoms with Crippen LogP contribution in [0.25, 0.3) is 0 Å². The van der Waals surface area contributed by atoms with Crippen molar-refractivity contribution in [3.8, 4) is 0 Å². The largest absolute Gasteiger partial charge is 0.326 e. The molecule has 0 radical (unpaired) electrons. The van der Waals surface area contributed by atoms with Gasteiger partial charge in [-0.1, -0.05) is 27.7 Å². The summed E-state index contributed by atoms with van der Waals surface area (Å²) < 4.78 is 11.1. The van der Waals surface area contributed by atoms with Crippen molar-refractivity contribution in [1.29, 1.82) is 0 Å². The predicted molar refractivity (Wildman–Crippen MR) is 80.3 cm³/mol. The third-order valence-corrected chi connectivity index (χ3v) is 4.32. The van der Waals surface area contributed by atoms with Crippen LogP contribution in [0.5, 0.6) is 0 Å². The van der Waals surface area contributed by atoms with Gasteiger partial charge >= 0.3 is 0 Å². The highest BCUT2D eigenvalue weighted by Crippen LogP contribution is 2.21. The maximum Gasteiger partial charge on any atom is 0.241 e. The highest BCUT2D eigenvalue weighted by Gasteiger charge is 2.39. The second-order valence-corrected chi connectivity index (χ2v) is 7.75.